The normalized spacial score (nSPS) is 19.6. The van der Waals surface area contributed by atoms with Crippen LogP contribution in [0.4, 0.5) is 8.78 Å². The number of ether oxygens (including phenoxy) is 2. The van der Waals surface area contributed by atoms with Gasteiger partial charge in [-0.2, -0.15) is 0 Å². The zero-order valence-corrected chi connectivity index (χ0v) is 19.2. The van der Waals surface area contributed by atoms with Crippen LogP contribution in [0.1, 0.15) is 57.2 Å². The quantitative estimate of drug-likeness (QED) is 0.400. The first-order valence-corrected chi connectivity index (χ1v) is 11.1. The number of hydrogen-bond donors (Lipinski definition) is 0. The molecule has 5 nitrogen and oxygen atoms in total. The smallest absolute Gasteiger partial charge is 0.258 e. The maximum atomic E-state index is 13.9. The molecule has 0 saturated carbocycles. The van der Waals surface area contributed by atoms with Crippen molar-refractivity contribution in [2.24, 2.45) is 0 Å². The average molecular weight is 453 g/mol. The summed E-state index contributed by atoms with van der Waals surface area (Å²) in [6.45, 7) is 12.4. The van der Waals surface area contributed by atoms with Crippen molar-refractivity contribution in [3.63, 3.8) is 0 Å². The SMILES string of the molecule is C=C1C[C@@](CC)(OC(C)(C)C)c2cc3n(c(=O)c2CO1)Cc1cc2cc(F)c(F)cc2nc1-3. The molecule has 0 amide bonds. The highest BCUT2D eigenvalue weighted by Crippen LogP contribution is 2.44. The average Bonchev–Trinajstić information content (AvgIpc) is 3.01. The standard InChI is InChI=1S/C26H26F2N2O3/c1-6-26(33-25(3,4)5)11-14(2)32-13-17-18(26)9-22-23-16(12-30(22)24(17)31)7-15-8-19(27)20(28)10-21(15)29-23/h7-10H,2,6,11-13H2,1,3-5H3/t26-/m1/s1. The van der Waals surface area contributed by atoms with E-state index in [1.54, 1.807) is 10.6 Å². The molecule has 172 valence electrons. The molecule has 7 heteroatoms. The maximum absolute atomic E-state index is 13.9. The summed E-state index contributed by atoms with van der Waals surface area (Å²) in [5, 5.41) is 0.494. The van der Waals surface area contributed by atoms with Gasteiger partial charge in [0.15, 0.2) is 11.6 Å². The van der Waals surface area contributed by atoms with Gasteiger partial charge in [0.05, 0.1) is 40.4 Å². The molecule has 2 aliphatic heterocycles. The molecule has 3 aromatic rings. The third kappa shape index (κ3) is 3.46. The third-order valence-corrected chi connectivity index (χ3v) is 6.37. The minimum absolute atomic E-state index is 0.116. The van der Waals surface area contributed by atoms with E-state index in [9.17, 15) is 13.6 Å². The van der Waals surface area contributed by atoms with Gasteiger partial charge >= 0.3 is 0 Å². The molecule has 4 heterocycles. The Kier molecular flexibility index (Phi) is 4.76. The number of nitrogens with zero attached hydrogens (tertiary/aromatic N) is 2. The fourth-order valence-electron chi connectivity index (χ4n) is 5.02. The Morgan fingerprint density at radius 1 is 1.21 bits per heavy atom. The van der Waals surface area contributed by atoms with Crippen LogP contribution in [0.3, 0.4) is 0 Å². The molecular formula is C26H26F2N2O3. The zero-order chi connectivity index (χ0) is 23.7. The Bertz CT molecular complexity index is 1390. The summed E-state index contributed by atoms with van der Waals surface area (Å²) in [5.41, 5.74) is 2.25. The van der Waals surface area contributed by atoms with Gasteiger partial charge in [0.25, 0.3) is 5.56 Å². The van der Waals surface area contributed by atoms with Gasteiger partial charge in [0.1, 0.15) is 12.2 Å². The van der Waals surface area contributed by atoms with E-state index >= 15 is 0 Å². The Hall–Kier alpha value is -3.06. The molecule has 5 rings (SSSR count). The second kappa shape index (κ2) is 7.22. The molecule has 0 aliphatic carbocycles. The highest BCUT2D eigenvalue weighted by atomic mass is 19.2. The van der Waals surface area contributed by atoms with Crippen LogP contribution in [-0.4, -0.2) is 15.2 Å². The monoisotopic (exact) mass is 452 g/mol. The first-order valence-electron chi connectivity index (χ1n) is 11.1. The van der Waals surface area contributed by atoms with Crippen molar-refractivity contribution in [1.29, 1.82) is 0 Å². The van der Waals surface area contributed by atoms with E-state index in [2.05, 4.69) is 11.6 Å². The van der Waals surface area contributed by atoms with E-state index in [0.29, 0.717) is 53.0 Å². The minimum Gasteiger partial charge on any atom is -0.494 e. The van der Waals surface area contributed by atoms with Gasteiger partial charge in [-0.05, 0) is 51.0 Å². The van der Waals surface area contributed by atoms with Crippen LogP contribution < -0.4 is 5.56 Å². The minimum atomic E-state index is -0.952. The summed E-state index contributed by atoms with van der Waals surface area (Å²) in [7, 11) is 0. The number of hydrogen-bond acceptors (Lipinski definition) is 4. The van der Waals surface area contributed by atoms with Crippen molar-refractivity contribution in [1.82, 2.24) is 9.55 Å². The van der Waals surface area contributed by atoms with Gasteiger partial charge in [-0.25, -0.2) is 13.8 Å². The second-order valence-electron chi connectivity index (χ2n) is 9.83. The van der Waals surface area contributed by atoms with Crippen molar-refractivity contribution in [3.05, 3.63) is 75.3 Å². The van der Waals surface area contributed by atoms with Gasteiger partial charge in [-0.3, -0.25) is 4.79 Å². The number of benzene rings is 1. The van der Waals surface area contributed by atoms with Crippen LogP contribution >= 0.6 is 0 Å². The molecule has 0 spiro atoms. The van der Waals surface area contributed by atoms with Crippen LogP contribution in [0.2, 0.25) is 0 Å². The fourth-order valence-corrected chi connectivity index (χ4v) is 5.02. The second-order valence-corrected chi connectivity index (χ2v) is 9.83. The largest absolute Gasteiger partial charge is 0.494 e. The molecule has 0 unspecified atom stereocenters. The zero-order valence-electron chi connectivity index (χ0n) is 19.2. The summed E-state index contributed by atoms with van der Waals surface area (Å²) in [4.78, 5) is 18.3. The number of pyridine rings is 2. The van der Waals surface area contributed by atoms with E-state index in [1.165, 1.54) is 0 Å². The van der Waals surface area contributed by atoms with Crippen LogP contribution in [0.25, 0.3) is 22.3 Å². The highest BCUT2D eigenvalue weighted by molar-refractivity contribution is 5.84. The lowest BCUT2D eigenvalue weighted by molar-refractivity contribution is -0.142. The molecule has 1 atom stereocenters. The fraction of sp³-hybridized carbons (Fsp3) is 0.385. The summed E-state index contributed by atoms with van der Waals surface area (Å²) < 4.78 is 41.7. The summed E-state index contributed by atoms with van der Waals surface area (Å²) in [5.74, 6) is -1.30. The van der Waals surface area contributed by atoms with Crippen LogP contribution in [0, 0.1) is 11.6 Å². The van der Waals surface area contributed by atoms with Crippen molar-refractivity contribution in [2.45, 2.75) is 64.9 Å². The van der Waals surface area contributed by atoms with Crippen molar-refractivity contribution in [2.75, 3.05) is 0 Å². The number of aromatic nitrogens is 2. The molecule has 1 aromatic carbocycles. The Morgan fingerprint density at radius 2 is 1.94 bits per heavy atom. The van der Waals surface area contributed by atoms with Crippen molar-refractivity contribution >= 4 is 10.9 Å². The molecule has 0 bridgehead atoms. The van der Waals surface area contributed by atoms with E-state index in [1.807, 2.05) is 33.8 Å². The van der Waals surface area contributed by atoms with Crippen LogP contribution in [0.15, 0.2) is 41.4 Å². The predicted octanol–water partition coefficient (Wildman–Crippen LogP) is 5.56. The van der Waals surface area contributed by atoms with Gasteiger partial charge in [0.2, 0.25) is 0 Å². The van der Waals surface area contributed by atoms with E-state index in [4.69, 9.17) is 9.47 Å². The van der Waals surface area contributed by atoms with E-state index in [-0.39, 0.29) is 12.2 Å². The summed E-state index contributed by atoms with van der Waals surface area (Å²) >= 11 is 0. The third-order valence-electron chi connectivity index (χ3n) is 6.37. The molecule has 0 radical (unpaired) electrons. The molecule has 0 fully saturated rings. The predicted molar refractivity (Wildman–Crippen MR) is 122 cm³/mol. The van der Waals surface area contributed by atoms with Crippen molar-refractivity contribution < 1.29 is 18.3 Å². The number of fused-ring (bicyclic) bond motifs is 5. The molecular weight excluding hydrogens is 426 g/mol. The van der Waals surface area contributed by atoms with Gasteiger partial charge < -0.3 is 14.0 Å². The molecule has 2 aromatic heterocycles. The highest BCUT2D eigenvalue weighted by Gasteiger charge is 2.42. The lowest BCUT2D eigenvalue weighted by atomic mass is 9.84. The Labute approximate surface area is 190 Å². The van der Waals surface area contributed by atoms with Crippen LogP contribution in [-0.2, 0) is 28.2 Å². The van der Waals surface area contributed by atoms with E-state index < -0.39 is 22.8 Å². The molecule has 0 saturated heterocycles. The van der Waals surface area contributed by atoms with Crippen LogP contribution in [0.5, 0.6) is 0 Å². The Balaban J connectivity index is 1.77. The topological polar surface area (TPSA) is 53.4 Å². The molecule has 0 N–H and O–H groups in total. The lowest BCUT2D eigenvalue weighted by Crippen LogP contribution is -2.39. The first-order chi connectivity index (χ1) is 15.5. The van der Waals surface area contributed by atoms with Gasteiger partial charge in [-0.1, -0.05) is 13.5 Å². The lowest BCUT2D eigenvalue weighted by Gasteiger charge is -2.39. The number of rotatable bonds is 2. The van der Waals surface area contributed by atoms with Crippen molar-refractivity contribution in [3.8, 4) is 11.4 Å². The Morgan fingerprint density at radius 3 is 2.64 bits per heavy atom. The summed E-state index contributed by atoms with van der Waals surface area (Å²) in [6.07, 6.45) is 1.05. The van der Waals surface area contributed by atoms with Gasteiger partial charge in [0, 0.05) is 23.4 Å². The summed E-state index contributed by atoms with van der Waals surface area (Å²) in [6, 6.07) is 5.96. The molecule has 2 aliphatic rings. The van der Waals surface area contributed by atoms with E-state index in [0.717, 1.165) is 23.3 Å². The van der Waals surface area contributed by atoms with Gasteiger partial charge in [-0.15, -0.1) is 0 Å². The number of halogens is 2. The molecule has 33 heavy (non-hydrogen) atoms. The maximum Gasteiger partial charge on any atom is 0.258 e. The first kappa shape index (κ1) is 21.8.